The van der Waals surface area contributed by atoms with Crippen LogP contribution in [0.1, 0.15) is 32.3 Å². The van der Waals surface area contributed by atoms with Gasteiger partial charge in [-0.05, 0) is 29.7 Å². The molecule has 0 spiro atoms. The molecule has 0 aliphatic carbocycles. The smallest absolute Gasteiger partial charge is 0.123 e. The van der Waals surface area contributed by atoms with Crippen molar-refractivity contribution in [3.63, 3.8) is 0 Å². The van der Waals surface area contributed by atoms with Crippen molar-refractivity contribution in [3.05, 3.63) is 34.6 Å². The molecule has 0 amide bonds. The molecule has 1 aromatic rings. The van der Waals surface area contributed by atoms with Gasteiger partial charge in [0.2, 0.25) is 0 Å². The van der Waals surface area contributed by atoms with Crippen molar-refractivity contribution in [2.75, 3.05) is 6.54 Å². The van der Waals surface area contributed by atoms with Crippen LogP contribution in [0.25, 0.3) is 0 Å². The molecule has 0 aromatic heterocycles. The van der Waals surface area contributed by atoms with E-state index in [1.807, 2.05) is 0 Å². The number of hydrogen-bond acceptors (Lipinski definition) is 2. The summed E-state index contributed by atoms with van der Waals surface area (Å²) in [6.45, 7) is 5.11. The molecule has 2 N–H and O–H groups in total. The zero-order valence-corrected chi connectivity index (χ0v) is 11.7. The maximum absolute atomic E-state index is 13.0. The summed E-state index contributed by atoms with van der Waals surface area (Å²) < 4.78 is 13.0. The van der Waals surface area contributed by atoms with E-state index in [9.17, 15) is 9.50 Å². The fourth-order valence-electron chi connectivity index (χ4n) is 2.03. The van der Waals surface area contributed by atoms with E-state index in [1.165, 1.54) is 12.1 Å². The van der Waals surface area contributed by atoms with E-state index in [0.29, 0.717) is 29.6 Å². The van der Waals surface area contributed by atoms with Crippen molar-refractivity contribution in [3.8, 4) is 0 Å². The number of hydrogen-bond donors (Lipinski definition) is 2. The van der Waals surface area contributed by atoms with Crippen LogP contribution in [0.5, 0.6) is 0 Å². The summed E-state index contributed by atoms with van der Waals surface area (Å²) in [6.07, 6.45) is 1.55. The maximum Gasteiger partial charge on any atom is 0.123 e. The molecule has 0 aliphatic rings. The van der Waals surface area contributed by atoms with Gasteiger partial charge in [0, 0.05) is 18.1 Å². The molecule has 0 heterocycles. The Hall–Kier alpha value is -0.640. The standard InChI is InChI=1S/C14H21ClFNO/c1-3-10(4-2)14(18)9-17-8-11-7-12(16)5-6-13(11)15/h5-7,10,14,17-18H,3-4,8-9H2,1-2H3. The van der Waals surface area contributed by atoms with Crippen molar-refractivity contribution in [2.24, 2.45) is 5.92 Å². The predicted molar refractivity (Wildman–Crippen MR) is 73.2 cm³/mol. The van der Waals surface area contributed by atoms with Crippen LogP contribution >= 0.6 is 11.6 Å². The number of benzene rings is 1. The summed E-state index contributed by atoms with van der Waals surface area (Å²) in [5.74, 6) is 0.0113. The summed E-state index contributed by atoms with van der Waals surface area (Å²) in [7, 11) is 0. The second kappa shape index (κ2) is 7.72. The molecule has 18 heavy (non-hydrogen) atoms. The lowest BCUT2D eigenvalue weighted by Crippen LogP contribution is -2.32. The van der Waals surface area contributed by atoms with Gasteiger partial charge in [-0.25, -0.2) is 4.39 Å². The van der Waals surface area contributed by atoms with Crippen LogP contribution in [0.2, 0.25) is 5.02 Å². The number of aliphatic hydroxyl groups excluding tert-OH is 1. The quantitative estimate of drug-likeness (QED) is 0.798. The first-order valence-corrected chi connectivity index (χ1v) is 6.79. The van der Waals surface area contributed by atoms with Crippen LogP contribution in [0.15, 0.2) is 18.2 Å². The van der Waals surface area contributed by atoms with Crippen molar-refractivity contribution in [1.29, 1.82) is 0 Å². The largest absolute Gasteiger partial charge is 0.392 e. The Kier molecular flexibility index (Phi) is 6.61. The Morgan fingerprint density at radius 1 is 1.33 bits per heavy atom. The summed E-state index contributed by atoms with van der Waals surface area (Å²) in [6, 6.07) is 4.30. The first kappa shape index (κ1) is 15.4. The molecule has 102 valence electrons. The van der Waals surface area contributed by atoms with Crippen LogP contribution in [0.3, 0.4) is 0 Å². The molecule has 2 nitrogen and oxygen atoms in total. The third-order valence-electron chi connectivity index (χ3n) is 3.27. The summed E-state index contributed by atoms with van der Waals surface area (Å²) in [5, 5.41) is 13.6. The highest BCUT2D eigenvalue weighted by Gasteiger charge is 2.14. The van der Waals surface area contributed by atoms with E-state index in [4.69, 9.17) is 11.6 Å². The number of rotatable bonds is 7. The number of halogens is 2. The number of aliphatic hydroxyl groups is 1. The van der Waals surface area contributed by atoms with Crippen LogP contribution in [-0.2, 0) is 6.54 Å². The fraction of sp³-hybridized carbons (Fsp3) is 0.571. The molecule has 1 aromatic carbocycles. The molecule has 0 saturated carbocycles. The first-order chi connectivity index (χ1) is 8.58. The van der Waals surface area contributed by atoms with Crippen molar-refractivity contribution in [1.82, 2.24) is 5.32 Å². The van der Waals surface area contributed by atoms with Gasteiger partial charge in [-0.15, -0.1) is 0 Å². The van der Waals surface area contributed by atoms with Crippen LogP contribution in [-0.4, -0.2) is 17.8 Å². The molecule has 0 radical (unpaired) electrons. The van der Waals surface area contributed by atoms with Gasteiger partial charge in [0.05, 0.1) is 6.10 Å². The molecule has 1 unspecified atom stereocenters. The molecule has 4 heteroatoms. The zero-order valence-electron chi connectivity index (χ0n) is 10.9. The normalized spacial score (nSPS) is 13.0. The minimum Gasteiger partial charge on any atom is -0.392 e. The summed E-state index contributed by atoms with van der Waals surface area (Å²) in [4.78, 5) is 0. The fourth-order valence-corrected chi connectivity index (χ4v) is 2.22. The van der Waals surface area contributed by atoms with Gasteiger partial charge in [0.25, 0.3) is 0 Å². The highest BCUT2D eigenvalue weighted by molar-refractivity contribution is 6.31. The average Bonchev–Trinajstić information content (AvgIpc) is 2.35. The Labute approximate surface area is 113 Å². The predicted octanol–water partition coefficient (Wildman–Crippen LogP) is 3.37. The third kappa shape index (κ3) is 4.56. The van der Waals surface area contributed by atoms with Crippen molar-refractivity contribution >= 4 is 11.6 Å². The van der Waals surface area contributed by atoms with E-state index < -0.39 is 0 Å². The summed E-state index contributed by atoms with van der Waals surface area (Å²) >= 11 is 5.96. The van der Waals surface area contributed by atoms with Gasteiger partial charge in [0.15, 0.2) is 0 Å². The Morgan fingerprint density at radius 3 is 2.61 bits per heavy atom. The molecule has 1 atom stereocenters. The second-order valence-electron chi connectivity index (χ2n) is 4.51. The van der Waals surface area contributed by atoms with Gasteiger partial charge in [0.1, 0.15) is 5.82 Å². The highest BCUT2D eigenvalue weighted by atomic mass is 35.5. The monoisotopic (exact) mass is 273 g/mol. The molecule has 0 bridgehead atoms. The van der Waals surface area contributed by atoms with Gasteiger partial charge in [-0.3, -0.25) is 0 Å². The topological polar surface area (TPSA) is 32.3 Å². The molecule has 0 aliphatic heterocycles. The van der Waals surface area contributed by atoms with Crippen molar-refractivity contribution < 1.29 is 9.50 Å². The van der Waals surface area contributed by atoms with Crippen LogP contribution in [0.4, 0.5) is 4.39 Å². The second-order valence-corrected chi connectivity index (χ2v) is 4.92. The third-order valence-corrected chi connectivity index (χ3v) is 3.64. The SMILES string of the molecule is CCC(CC)C(O)CNCc1cc(F)ccc1Cl. The number of nitrogens with one attached hydrogen (secondary N) is 1. The lowest BCUT2D eigenvalue weighted by atomic mass is 9.96. The lowest BCUT2D eigenvalue weighted by molar-refractivity contribution is 0.101. The van der Waals surface area contributed by atoms with E-state index in [0.717, 1.165) is 12.8 Å². The van der Waals surface area contributed by atoms with Gasteiger partial charge < -0.3 is 10.4 Å². The van der Waals surface area contributed by atoms with Gasteiger partial charge in [-0.2, -0.15) is 0 Å². The van der Waals surface area contributed by atoms with E-state index in [1.54, 1.807) is 6.07 Å². The summed E-state index contributed by atoms with van der Waals surface area (Å²) in [5.41, 5.74) is 0.716. The minimum absolute atomic E-state index is 0.295. The Bertz CT molecular complexity index is 369. The van der Waals surface area contributed by atoms with Crippen LogP contribution in [0, 0.1) is 11.7 Å². The molecule has 0 saturated heterocycles. The lowest BCUT2D eigenvalue weighted by Gasteiger charge is -2.20. The Balaban J connectivity index is 2.44. The highest BCUT2D eigenvalue weighted by Crippen LogP contribution is 2.17. The zero-order chi connectivity index (χ0) is 13.5. The molecular formula is C14H21ClFNO. The van der Waals surface area contributed by atoms with E-state index in [2.05, 4.69) is 19.2 Å². The average molecular weight is 274 g/mol. The van der Waals surface area contributed by atoms with E-state index >= 15 is 0 Å². The minimum atomic E-state index is -0.368. The molecular weight excluding hydrogens is 253 g/mol. The first-order valence-electron chi connectivity index (χ1n) is 6.41. The Morgan fingerprint density at radius 2 is 2.00 bits per heavy atom. The van der Waals surface area contributed by atoms with Crippen molar-refractivity contribution in [2.45, 2.75) is 39.3 Å². The van der Waals surface area contributed by atoms with E-state index in [-0.39, 0.29) is 11.9 Å². The van der Waals surface area contributed by atoms with Gasteiger partial charge >= 0.3 is 0 Å². The van der Waals surface area contributed by atoms with Gasteiger partial charge in [-0.1, -0.05) is 38.3 Å². The molecule has 1 rings (SSSR count). The maximum atomic E-state index is 13.0. The molecule has 0 fully saturated rings. The van der Waals surface area contributed by atoms with Crippen LogP contribution < -0.4 is 5.32 Å².